The Kier molecular flexibility index (Phi) is 8.00. The van der Waals surface area contributed by atoms with Gasteiger partial charge in [-0.3, -0.25) is 14.7 Å². The Hall–Kier alpha value is -3.45. The van der Waals surface area contributed by atoms with Crippen molar-refractivity contribution in [3.05, 3.63) is 83.8 Å². The summed E-state index contributed by atoms with van der Waals surface area (Å²) in [4.78, 5) is 24.8. The number of carbonyl (C=O) groups is 1. The van der Waals surface area contributed by atoms with Crippen LogP contribution in [0.2, 0.25) is 0 Å². The third kappa shape index (κ3) is 5.85. The number of hydrogen-bond donors (Lipinski definition) is 0. The highest BCUT2D eigenvalue weighted by Gasteiger charge is 2.28. The minimum absolute atomic E-state index is 0.229. The zero-order valence-corrected chi connectivity index (χ0v) is 22.8. The third-order valence-corrected chi connectivity index (χ3v) is 8.79. The molecule has 0 atom stereocenters. The summed E-state index contributed by atoms with van der Waals surface area (Å²) in [5, 5.41) is 0.948. The van der Waals surface area contributed by atoms with E-state index in [1.54, 1.807) is 10.8 Å². The average Bonchev–Trinajstić information content (AvgIpc) is 3.33. The van der Waals surface area contributed by atoms with Crippen molar-refractivity contribution in [2.75, 3.05) is 13.1 Å². The first-order chi connectivity index (χ1) is 19.5. The maximum absolute atomic E-state index is 13.4. The molecule has 0 amide bonds. The van der Waals surface area contributed by atoms with Crippen LogP contribution in [0.15, 0.2) is 66.9 Å². The highest BCUT2D eigenvalue weighted by molar-refractivity contribution is 6.07. The fourth-order valence-electron chi connectivity index (χ4n) is 6.64. The number of benzene rings is 2. The van der Waals surface area contributed by atoms with Gasteiger partial charge in [-0.25, -0.2) is 13.8 Å². The van der Waals surface area contributed by atoms with Crippen LogP contribution < -0.4 is 0 Å². The Bertz CT molecular complexity index is 1450. The van der Waals surface area contributed by atoms with Crippen molar-refractivity contribution in [1.29, 1.82) is 0 Å². The van der Waals surface area contributed by atoms with Crippen molar-refractivity contribution in [3.63, 3.8) is 0 Å². The van der Waals surface area contributed by atoms with Crippen molar-refractivity contribution in [2.24, 2.45) is 11.8 Å². The molecule has 3 heterocycles. The zero-order chi connectivity index (χ0) is 27.5. The molecule has 0 unspecified atom stereocenters. The summed E-state index contributed by atoms with van der Waals surface area (Å²) in [6, 6.07) is 19.4. The van der Waals surface area contributed by atoms with Crippen molar-refractivity contribution in [2.45, 2.75) is 64.5 Å². The van der Waals surface area contributed by atoms with E-state index in [1.165, 1.54) is 0 Å². The van der Waals surface area contributed by atoms with E-state index in [-0.39, 0.29) is 12.3 Å². The molecule has 2 aliphatic rings. The molecule has 0 saturated heterocycles. The minimum Gasteiger partial charge on any atom is -0.322 e. The van der Waals surface area contributed by atoms with Crippen LogP contribution in [0.5, 0.6) is 0 Å². The SMILES string of the molecule is O=C(CC1CCC(CCN2CCc3c(nc(-c4ccccc4)n3CC(F)F)C2)CC1)c1cccc2ncccc12. The van der Waals surface area contributed by atoms with E-state index >= 15 is 0 Å². The third-order valence-electron chi connectivity index (χ3n) is 8.79. The summed E-state index contributed by atoms with van der Waals surface area (Å²) in [5.74, 6) is 2.00. The van der Waals surface area contributed by atoms with Crippen LogP contribution in [0.4, 0.5) is 8.78 Å². The fraction of sp³-hybridized carbons (Fsp3) is 0.424. The van der Waals surface area contributed by atoms with Crippen LogP contribution >= 0.6 is 0 Å². The van der Waals surface area contributed by atoms with E-state index in [9.17, 15) is 13.6 Å². The van der Waals surface area contributed by atoms with Crippen LogP contribution in [0.1, 0.15) is 60.3 Å². The van der Waals surface area contributed by atoms with Gasteiger partial charge in [0.2, 0.25) is 0 Å². The van der Waals surface area contributed by atoms with Crippen molar-refractivity contribution in [1.82, 2.24) is 19.4 Å². The molecule has 2 aromatic carbocycles. The second-order valence-corrected chi connectivity index (χ2v) is 11.4. The summed E-state index contributed by atoms with van der Waals surface area (Å²) >= 11 is 0. The van der Waals surface area contributed by atoms with E-state index in [0.717, 1.165) is 91.6 Å². The smallest absolute Gasteiger partial charge is 0.256 e. The molecule has 1 fully saturated rings. The number of imidazole rings is 1. The summed E-state index contributed by atoms with van der Waals surface area (Å²) in [6.07, 6.45) is 6.38. The molecule has 0 N–H and O–H groups in total. The Labute approximate surface area is 234 Å². The summed E-state index contributed by atoms with van der Waals surface area (Å²) in [5.41, 5.74) is 4.46. The van der Waals surface area contributed by atoms with Gasteiger partial charge in [0.1, 0.15) is 5.82 Å². The van der Waals surface area contributed by atoms with E-state index in [2.05, 4.69) is 9.88 Å². The summed E-state index contributed by atoms with van der Waals surface area (Å²) < 4.78 is 28.6. The van der Waals surface area contributed by atoms with Gasteiger partial charge in [-0.1, -0.05) is 61.4 Å². The lowest BCUT2D eigenvalue weighted by Crippen LogP contribution is -2.33. The lowest BCUT2D eigenvalue weighted by Gasteiger charge is -2.32. The maximum Gasteiger partial charge on any atom is 0.256 e. The van der Waals surface area contributed by atoms with E-state index in [1.807, 2.05) is 60.7 Å². The van der Waals surface area contributed by atoms with Gasteiger partial charge in [-0.15, -0.1) is 0 Å². The fourth-order valence-corrected chi connectivity index (χ4v) is 6.64. The van der Waals surface area contributed by atoms with Gasteiger partial charge in [0.25, 0.3) is 6.43 Å². The van der Waals surface area contributed by atoms with Gasteiger partial charge in [0.05, 0.1) is 17.8 Å². The monoisotopic (exact) mass is 542 g/mol. The molecule has 1 saturated carbocycles. The standard InChI is InChI=1S/C33H36F2N4O/c34-32(35)22-39-30-16-19-38(21-29(30)37-33(39)25-6-2-1-3-7-25)18-15-23-11-13-24(14-12-23)20-31(40)27-8-4-10-28-26(27)9-5-17-36-28/h1-10,17,23-24,32H,11-16,18-22H2. The van der Waals surface area contributed by atoms with Crippen LogP contribution in [0, 0.1) is 11.8 Å². The molecule has 40 heavy (non-hydrogen) atoms. The lowest BCUT2D eigenvalue weighted by molar-refractivity contribution is 0.0941. The number of carbonyl (C=O) groups excluding carboxylic acids is 1. The summed E-state index contributed by atoms with van der Waals surface area (Å²) in [7, 11) is 0. The van der Waals surface area contributed by atoms with Gasteiger partial charge >= 0.3 is 0 Å². The molecule has 0 spiro atoms. The molecule has 5 nitrogen and oxygen atoms in total. The molecule has 2 aromatic heterocycles. The number of rotatable bonds is 9. The first-order valence-electron chi connectivity index (χ1n) is 14.6. The molecule has 1 aliphatic carbocycles. The van der Waals surface area contributed by atoms with Crippen LogP contribution in [-0.2, 0) is 19.5 Å². The van der Waals surface area contributed by atoms with Crippen molar-refractivity contribution < 1.29 is 13.6 Å². The number of hydrogen-bond acceptors (Lipinski definition) is 4. The number of aromatic nitrogens is 3. The molecule has 0 bridgehead atoms. The van der Waals surface area contributed by atoms with Crippen LogP contribution in [0.3, 0.4) is 0 Å². The number of alkyl halides is 2. The normalized spacial score (nSPS) is 19.7. The van der Waals surface area contributed by atoms with E-state index in [4.69, 9.17) is 4.98 Å². The van der Waals surface area contributed by atoms with Gasteiger partial charge < -0.3 is 4.57 Å². The number of ketones is 1. The van der Waals surface area contributed by atoms with Crippen LogP contribution in [-0.4, -0.2) is 44.7 Å². The predicted octanol–water partition coefficient (Wildman–Crippen LogP) is 7.19. The average molecular weight is 543 g/mol. The van der Waals surface area contributed by atoms with E-state index in [0.29, 0.717) is 24.1 Å². The number of nitrogens with zero attached hydrogens (tertiary/aromatic N) is 4. The molecule has 4 aromatic rings. The first kappa shape index (κ1) is 26.8. The second kappa shape index (κ2) is 12.0. The molecular weight excluding hydrogens is 506 g/mol. The molecule has 0 radical (unpaired) electrons. The van der Waals surface area contributed by atoms with Gasteiger partial charge in [0, 0.05) is 54.3 Å². The highest BCUT2D eigenvalue weighted by Crippen LogP contribution is 2.35. The maximum atomic E-state index is 13.4. The first-order valence-corrected chi connectivity index (χ1v) is 14.6. The largest absolute Gasteiger partial charge is 0.322 e. The van der Waals surface area contributed by atoms with Gasteiger partial charge in [-0.2, -0.15) is 0 Å². The van der Waals surface area contributed by atoms with Gasteiger partial charge in [-0.05, 0) is 49.8 Å². The number of Topliss-reactive ketones (excluding diaryl/α,β-unsaturated/α-hetero) is 1. The Morgan fingerprint density at radius 3 is 2.55 bits per heavy atom. The Balaban J connectivity index is 1.02. The molecule has 1 aliphatic heterocycles. The Morgan fingerprint density at radius 2 is 1.75 bits per heavy atom. The number of fused-ring (bicyclic) bond motifs is 2. The topological polar surface area (TPSA) is 51.0 Å². The highest BCUT2D eigenvalue weighted by atomic mass is 19.3. The Morgan fingerprint density at radius 1 is 0.950 bits per heavy atom. The van der Waals surface area contributed by atoms with Gasteiger partial charge in [0.15, 0.2) is 5.78 Å². The summed E-state index contributed by atoms with van der Waals surface area (Å²) in [6.45, 7) is 2.28. The second-order valence-electron chi connectivity index (χ2n) is 11.4. The minimum atomic E-state index is -2.41. The van der Waals surface area contributed by atoms with E-state index < -0.39 is 6.43 Å². The predicted molar refractivity (Wildman–Crippen MR) is 153 cm³/mol. The number of halogens is 2. The van der Waals surface area contributed by atoms with Crippen LogP contribution in [0.25, 0.3) is 22.3 Å². The zero-order valence-electron chi connectivity index (χ0n) is 22.8. The molecular formula is C33H36F2N4O. The lowest BCUT2D eigenvalue weighted by atomic mass is 9.78. The number of pyridine rings is 1. The molecule has 208 valence electrons. The molecule has 6 rings (SSSR count). The quantitative estimate of drug-likeness (QED) is 0.210. The van der Waals surface area contributed by atoms with Crippen molar-refractivity contribution in [3.8, 4) is 11.4 Å². The molecule has 7 heteroatoms. The van der Waals surface area contributed by atoms with Crippen molar-refractivity contribution >= 4 is 16.7 Å².